The van der Waals surface area contributed by atoms with Gasteiger partial charge in [-0.25, -0.2) is 0 Å². The molecule has 2 N–H and O–H groups in total. The zero-order chi connectivity index (χ0) is 11.6. The maximum absolute atomic E-state index is 6.38. The van der Waals surface area contributed by atoms with E-state index in [2.05, 4.69) is 6.07 Å². The summed E-state index contributed by atoms with van der Waals surface area (Å²) in [5.74, 6) is 0.909. The molecule has 0 amide bonds. The van der Waals surface area contributed by atoms with Crippen LogP contribution in [0.3, 0.4) is 0 Å². The minimum absolute atomic E-state index is 0.109. The summed E-state index contributed by atoms with van der Waals surface area (Å²) in [5, 5.41) is 0. The minimum Gasteiger partial charge on any atom is -0.496 e. The summed E-state index contributed by atoms with van der Waals surface area (Å²) in [7, 11) is 1.69. The first-order valence-corrected chi connectivity index (χ1v) is 5.68. The molecule has 0 radical (unpaired) electrons. The van der Waals surface area contributed by atoms with Crippen LogP contribution in [0.4, 0.5) is 0 Å². The molecule has 2 atom stereocenters. The lowest BCUT2D eigenvalue weighted by molar-refractivity contribution is 0.0953. The van der Waals surface area contributed by atoms with Gasteiger partial charge in [0.1, 0.15) is 5.75 Å². The molecular weight excluding hydrogens is 202 g/mol. The summed E-state index contributed by atoms with van der Waals surface area (Å²) in [4.78, 5) is 0. The third-order valence-electron chi connectivity index (χ3n) is 3.46. The molecule has 0 aliphatic carbocycles. The monoisotopic (exact) mass is 221 g/mol. The number of benzene rings is 1. The van der Waals surface area contributed by atoms with Crippen LogP contribution in [0.5, 0.6) is 5.75 Å². The fourth-order valence-electron chi connectivity index (χ4n) is 2.23. The van der Waals surface area contributed by atoms with Crippen LogP contribution in [0.1, 0.15) is 18.9 Å². The fraction of sp³-hybridized carbons (Fsp3) is 0.538. The summed E-state index contributed by atoms with van der Waals surface area (Å²) in [6.07, 6.45) is 1.82. The van der Waals surface area contributed by atoms with Gasteiger partial charge in [-0.1, -0.05) is 18.2 Å². The minimum atomic E-state index is -0.255. The SMILES string of the molecule is COc1ccccc1CC1(N)CCOC1C. The Morgan fingerprint density at radius 2 is 2.25 bits per heavy atom. The summed E-state index contributed by atoms with van der Waals surface area (Å²) < 4.78 is 10.9. The van der Waals surface area contributed by atoms with Crippen molar-refractivity contribution in [2.75, 3.05) is 13.7 Å². The molecule has 1 aliphatic heterocycles. The molecule has 1 aromatic carbocycles. The Morgan fingerprint density at radius 1 is 1.50 bits per heavy atom. The maximum Gasteiger partial charge on any atom is 0.122 e. The average molecular weight is 221 g/mol. The summed E-state index contributed by atoms with van der Waals surface area (Å²) in [6.45, 7) is 2.80. The summed E-state index contributed by atoms with van der Waals surface area (Å²) in [5.41, 5.74) is 7.28. The van der Waals surface area contributed by atoms with Crippen molar-refractivity contribution in [3.63, 3.8) is 0 Å². The fourth-order valence-corrected chi connectivity index (χ4v) is 2.23. The van der Waals surface area contributed by atoms with E-state index in [1.54, 1.807) is 7.11 Å². The molecule has 0 saturated carbocycles. The van der Waals surface area contributed by atoms with E-state index in [4.69, 9.17) is 15.2 Å². The Balaban J connectivity index is 2.20. The molecule has 1 heterocycles. The van der Waals surface area contributed by atoms with Gasteiger partial charge in [0, 0.05) is 12.1 Å². The van der Waals surface area contributed by atoms with E-state index >= 15 is 0 Å². The quantitative estimate of drug-likeness (QED) is 0.845. The van der Waals surface area contributed by atoms with Gasteiger partial charge >= 0.3 is 0 Å². The van der Waals surface area contributed by atoms with Crippen molar-refractivity contribution in [1.82, 2.24) is 0 Å². The summed E-state index contributed by atoms with van der Waals surface area (Å²) >= 11 is 0. The Bertz CT molecular complexity index is 367. The van der Waals surface area contributed by atoms with E-state index in [-0.39, 0.29) is 11.6 Å². The highest BCUT2D eigenvalue weighted by Crippen LogP contribution is 2.30. The van der Waals surface area contributed by atoms with Crippen molar-refractivity contribution in [2.24, 2.45) is 5.73 Å². The van der Waals surface area contributed by atoms with Crippen LogP contribution in [0, 0.1) is 0 Å². The van der Waals surface area contributed by atoms with Crippen molar-refractivity contribution in [3.8, 4) is 5.75 Å². The van der Waals surface area contributed by atoms with Gasteiger partial charge in [0.2, 0.25) is 0 Å². The number of methoxy groups -OCH3 is 1. The molecule has 2 unspecified atom stereocenters. The van der Waals surface area contributed by atoms with E-state index in [1.165, 1.54) is 0 Å². The van der Waals surface area contributed by atoms with Crippen LogP contribution in [-0.2, 0) is 11.2 Å². The van der Waals surface area contributed by atoms with E-state index in [1.807, 2.05) is 25.1 Å². The van der Waals surface area contributed by atoms with Gasteiger partial charge in [-0.15, -0.1) is 0 Å². The zero-order valence-corrected chi connectivity index (χ0v) is 9.90. The molecule has 1 saturated heterocycles. The molecule has 2 rings (SSSR count). The topological polar surface area (TPSA) is 44.5 Å². The molecular formula is C13H19NO2. The highest BCUT2D eigenvalue weighted by molar-refractivity contribution is 5.35. The first kappa shape index (κ1) is 11.4. The van der Waals surface area contributed by atoms with Gasteiger partial charge in [-0.05, 0) is 31.4 Å². The normalized spacial score (nSPS) is 29.3. The molecule has 0 bridgehead atoms. The van der Waals surface area contributed by atoms with Crippen LogP contribution in [0.15, 0.2) is 24.3 Å². The second kappa shape index (κ2) is 4.44. The van der Waals surface area contributed by atoms with Crippen LogP contribution in [0.2, 0.25) is 0 Å². The van der Waals surface area contributed by atoms with Crippen molar-refractivity contribution < 1.29 is 9.47 Å². The van der Waals surface area contributed by atoms with Gasteiger partial charge in [0.15, 0.2) is 0 Å². The second-order valence-corrected chi connectivity index (χ2v) is 4.48. The van der Waals surface area contributed by atoms with Gasteiger partial charge in [0.25, 0.3) is 0 Å². The molecule has 88 valence electrons. The molecule has 3 heteroatoms. The lowest BCUT2D eigenvalue weighted by atomic mass is 9.86. The predicted molar refractivity (Wildman–Crippen MR) is 63.6 cm³/mol. The number of hydrogen-bond donors (Lipinski definition) is 1. The van der Waals surface area contributed by atoms with Crippen molar-refractivity contribution in [1.29, 1.82) is 0 Å². The second-order valence-electron chi connectivity index (χ2n) is 4.48. The van der Waals surface area contributed by atoms with Crippen LogP contribution >= 0.6 is 0 Å². The number of rotatable bonds is 3. The van der Waals surface area contributed by atoms with Crippen molar-refractivity contribution in [3.05, 3.63) is 29.8 Å². The Kier molecular flexibility index (Phi) is 3.17. The third-order valence-corrected chi connectivity index (χ3v) is 3.46. The first-order chi connectivity index (χ1) is 7.65. The largest absolute Gasteiger partial charge is 0.496 e. The Morgan fingerprint density at radius 3 is 2.88 bits per heavy atom. The summed E-state index contributed by atoms with van der Waals surface area (Å²) in [6, 6.07) is 8.03. The maximum atomic E-state index is 6.38. The predicted octanol–water partition coefficient (Wildman–Crippen LogP) is 1.74. The highest BCUT2D eigenvalue weighted by Gasteiger charge is 2.38. The van der Waals surface area contributed by atoms with Gasteiger partial charge in [-0.2, -0.15) is 0 Å². The Hall–Kier alpha value is -1.06. The number of nitrogens with two attached hydrogens (primary N) is 1. The lowest BCUT2D eigenvalue weighted by Crippen LogP contribution is -2.48. The van der Waals surface area contributed by atoms with E-state index in [0.717, 1.165) is 30.8 Å². The molecule has 1 aromatic rings. The third kappa shape index (κ3) is 2.06. The van der Waals surface area contributed by atoms with Gasteiger partial charge in [-0.3, -0.25) is 0 Å². The van der Waals surface area contributed by atoms with E-state index in [0.29, 0.717) is 0 Å². The lowest BCUT2D eigenvalue weighted by Gasteiger charge is -2.28. The molecule has 16 heavy (non-hydrogen) atoms. The van der Waals surface area contributed by atoms with Crippen molar-refractivity contribution in [2.45, 2.75) is 31.4 Å². The average Bonchev–Trinajstić information content (AvgIpc) is 2.60. The first-order valence-electron chi connectivity index (χ1n) is 5.68. The van der Waals surface area contributed by atoms with Crippen LogP contribution in [-0.4, -0.2) is 25.4 Å². The van der Waals surface area contributed by atoms with Crippen LogP contribution in [0.25, 0.3) is 0 Å². The van der Waals surface area contributed by atoms with Crippen LogP contribution < -0.4 is 10.5 Å². The molecule has 3 nitrogen and oxygen atoms in total. The molecule has 0 aromatic heterocycles. The molecule has 1 aliphatic rings. The number of hydrogen-bond acceptors (Lipinski definition) is 3. The van der Waals surface area contributed by atoms with Crippen molar-refractivity contribution >= 4 is 0 Å². The molecule has 0 spiro atoms. The zero-order valence-electron chi connectivity index (χ0n) is 9.90. The number of para-hydroxylation sites is 1. The Labute approximate surface area is 96.5 Å². The standard InChI is InChI=1S/C13H19NO2/c1-10-13(14,7-8-16-10)9-11-5-3-4-6-12(11)15-2/h3-6,10H,7-9,14H2,1-2H3. The number of ether oxygens (including phenoxy) is 2. The van der Waals surface area contributed by atoms with E-state index < -0.39 is 0 Å². The molecule has 1 fully saturated rings. The smallest absolute Gasteiger partial charge is 0.122 e. The van der Waals surface area contributed by atoms with Gasteiger partial charge < -0.3 is 15.2 Å². The highest BCUT2D eigenvalue weighted by atomic mass is 16.5. The van der Waals surface area contributed by atoms with E-state index in [9.17, 15) is 0 Å². The van der Waals surface area contributed by atoms with Gasteiger partial charge in [0.05, 0.1) is 13.2 Å².